The van der Waals surface area contributed by atoms with Crippen molar-refractivity contribution in [2.45, 2.75) is 0 Å². The zero-order valence-corrected chi connectivity index (χ0v) is 13.6. The third kappa shape index (κ3) is 3.55. The van der Waals surface area contributed by atoms with E-state index in [-0.39, 0.29) is 11.6 Å². The lowest BCUT2D eigenvalue weighted by molar-refractivity contribution is 0.102. The van der Waals surface area contributed by atoms with Gasteiger partial charge in [-0.1, -0.05) is 12.7 Å². The molecule has 7 nitrogen and oxygen atoms in total. The summed E-state index contributed by atoms with van der Waals surface area (Å²) in [6.45, 7) is 3.94. The van der Waals surface area contributed by atoms with Crippen LogP contribution in [-0.2, 0) is 0 Å². The SMILES string of the molecule is C=CCOc1ccc(C(=O)Nc2ccc3[nH]c(=O)[nH]c3c2)cc1OC. The molecule has 0 fully saturated rings. The maximum absolute atomic E-state index is 12.4. The molecule has 3 aromatic rings. The van der Waals surface area contributed by atoms with Crippen molar-refractivity contribution < 1.29 is 14.3 Å². The fourth-order valence-corrected chi connectivity index (χ4v) is 2.39. The molecule has 0 saturated carbocycles. The minimum Gasteiger partial charge on any atom is -0.493 e. The highest BCUT2D eigenvalue weighted by Crippen LogP contribution is 2.28. The largest absolute Gasteiger partial charge is 0.493 e. The first kappa shape index (κ1) is 16.4. The molecule has 0 unspecified atom stereocenters. The van der Waals surface area contributed by atoms with Crippen LogP contribution in [0.15, 0.2) is 53.8 Å². The third-order valence-electron chi connectivity index (χ3n) is 3.56. The van der Waals surface area contributed by atoms with Gasteiger partial charge in [0.05, 0.1) is 18.1 Å². The number of ether oxygens (including phenoxy) is 2. The third-order valence-corrected chi connectivity index (χ3v) is 3.56. The average Bonchev–Trinajstić information content (AvgIpc) is 2.99. The van der Waals surface area contributed by atoms with E-state index in [1.54, 1.807) is 42.5 Å². The normalized spacial score (nSPS) is 10.4. The Morgan fingerprint density at radius 3 is 2.72 bits per heavy atom. The van der Waals surface area contributed by atoms with Crippen molar-refractivity contribution in [1.29, 1.82) is 0 Å². The predicted molar refractivity (Wildman–Crippen MR) is 95.6 cm³/mol. The monoisotopic (exact) mass is 339 g/mol. The first-order valence-corrected chi connectivity index (χ1v) is 7.56. The summed E-state index contributed by atoms with van der Waals surface area (Å²) in [5.41, 5.74) is 1.99. The number of aromatic nitrogens is 2. The number of nitrogens with one attached hydrogen (secondary N) is 3. The lowest BCUT2D eigenvalue weighted by Gasteiger charge is -2.11. The Kier molecular flexibility index (Phi) is 4.56. The molecule has 3 rings (SSSR count). The molecule has 25 heavy (non-hydrogen) atoms. The van der Waals surface area contributed by atoms with Crippen molar-refractivity contribution in [2.75, 3.05) is 19.0 Å². The van der Waals surface area contributed by atoms with Gasteiger partial charge in [-0.2, -0.15) is 0 Å². The standard InChI is InChI=1S/C18H17N3O4/c1-3-8-25-15-7-4-11(9-16(15)24-2)17(22)19-12-5-6-13-14(10-12)21-18(23)20-13/h3-7,9-10H,1,8H2,2H3,(H,19,22)(H2,20,21,23). The second-order valence-electron chi connectivity index (χ2n) is 5.26. The number of fused-ring (bicyclic) bond motifs is 1. The summed E-state index contributed by atoms with van der Waals surface area (Å²) in [5.74, 6) is 0.691. The van der Waals surface area contributed by atoms with Crippen LogP contribution < -0.4 is 20.5 Å². The van der Waals surface area contributed by atoms with Gasteiger partial charge in [-0.25, -0.2) is 4.79 Å². The van der Waals surface area contributed by atoms with Crippen LogP contribution in [0.4, 0.5) is 5.69 Å². The molecule has 0 aliphatic heterocycles. The van der Waals surface area contributed by atoms with Crippen LogP contribution in [0.5, 0.6) is 11.5 Å². The van der Waals surface area contributed by atoms with Crippen molar-refractivity contribution in [3.63, 3.8) is 0 Å². The van der Waals surface area contributed by atoms with Crippen LogP contribution in [0.3, 0.4) is 0 Å². The van der Waals surface area contributed by atoms with E-state index in [1.807, 2.05) is 0 Å². The van der Waals surface area contributed by atoms with Gasteiger partial charge in [-0.15, -0.1) is 0 Å². The van der Waals surface area contributed by atoms with Crippen molar-refractivity contribution in [1.82, 2.24) is 9.97 Å². The van der Waals surface area contributed by atoms with Crippen molar-refractivity contribution in [3.8, 4) is 11.5 Å². The van der Waals surface area contributed by atoms with E-state index in [9.17, 15) is 9.59 Å². The Morgan fingerprint density at radius 2 is 1.96 bits per heavy atom. The number of hydrogen-bond acceptors (Lipinski definition) is 4. The van der Waals surface area contributed by atoms with Gasteiger partial charge >= 0.3 is 5.69 Å². The van der Waals surface area contributed by atoms with Gasteiger partial charge in [0.25, 0.3) is 5.91 Å². The van der Waals surface area contributed by atoms with Gasteiger partial charge in [-0.3, -0.25) is 4.79 Å². The average molecular weight is 339 g/mol. The summed E-state index contributed by atoms with van der Waals surface area (Å²) in [7, 11) is 1.51. The number of amides is 1. The lowest BCUT2D eigenvalue weighted by atomic mass is 10.1. The van der Waals surface area contributed by atoms with E-state index in [1.165, 1.54) is 7.11 Å². The molecule has 3 N–H and O–H groups in total. The van der Waals surface area contributed by atoms with E-state index in [0.717, 1.165) is 0 Å². The Labute approximate surface area is 143 Å². The molecule has 1 amide bonds. The van der Waals surface area contributed by atoms with Crippen molar-refractivity contribution in [2.24, 2.45) is 0 Å². The predicted octanol–water partition coefficient (Wildman–Crippen LogP) is 2.68. The molecule has 0 atom stereocenters. The lowest BCUT2D eigenvalue weighted by Crippen LogP contribution is -2.12. The van der Waals surface area contributed by atoms with Crippen LogP contribution in [0.25, 0.3) is 11.0 Å². The Balaban J connectivity index is 1.81. The maximum Gasteiger partial charge on any atom is 0.323 e. The molecular weight excluding hydrogens is 322 g/mol. The molecule has 128 valence electrons. The summed E-state index contributed by atoms with van der Waals surface area (Å²) >= 11 is 0. The van der Waals surface area contributed by atoms with Crippen LogP contribution in [0, 0.1) is 0 Å². The van der Waals surface area contributed by atoms with Crippen LogP contribution in [0.1, 0.15) is 10.4 Å². The highest BCUT2D eigenvalue weighted by atomic mass is 16.5. The van der Waals surface area contributed by atoms with Gasteiger partial charge in [0.15, 0.2) is 11.5 Å². The second kappa shape index (κ2) is 6.96. The number of anilines is 1. The molecule has 2 aromatic carbocycles. The molecular formula is C18H17N3O4. The maximum atomic E-state index is 12.4. The summed E-state index contributed by atoms with van der Waals surface area (Å²) in [5, 5.41) is 2.79. The summed E-state index contributed by atoms with van der Waals surface area (Å²) in [6.07, 6.45) is 1.63. The van der Waals surface area contributed by atoms with Crippen molar-refractivity contribution >= 4 is 22.6 Å². The highest BCUT2D eigenvalue weighted by Gasteiger charge is 2.12. The Morgan fingerprint density at radius 1 is 1.16 bits per heavy atom. The molecule has 0 spiro atoms. The van der Waals surface area contributed by atoms with Crippen LogP contribution >= 0.6 is 0 Å². The number of methoxy groups -OCH3 is 1. The molecule has 1 aromatic heterocycles. The van der Waals surface area contributed by atoms with Crippen LogP contribution in [-0.4, -0.2) is 29.6 Å². The Bertz CT molecular complexity index is 987. The molecule has 0 radical (unpaired) electrons. The summed E-state index contributed by atoms with van der Waals surface area (Å²) in [4.78, 5) is 29.0. The van der Waals surface area contributed by atoms with E-state index in [2.05, 4.69) is 21.9 Å². The van der Waals surface area contributed by atoms with E-state index in [0.29, 0.717) is 40.4 Å². The second-order valence-corrected chi connectivity index (χ2v) is 5.26. The zero-order valence-electron chi connectivity index (χ0n) is 13.6. The van der Waals surface area contributed by atoms with Gasteiger partial charge in [0.1, 0.15) is 6.61 Å². The smallest absolute Gasteiger partial charge is 0.323 e. The highest BCUT2D eigenvalue weighted by molar-refractivity contribution is 6.05. The molecule has 0 aliphatic rings. The van der Waals surface area contributed by atoms with Crippen LogP contribution in [0.2, 0.25) is 0 Å². The van der Waals surface area contributed by atoms with Gasteiger partial charge in [-0.05, 0) is 36.4 Å². The number of rotatable bonds is 6. The molecule has 0 aliphatic carbocycles. The fourth-order valence-electron chi connectivity index (χ4n) is 2.39. The molecule has 7 heteroatoms. The molecule has 0 bridgehead atoms. The van der Waals surface area contributed by atoms with Gasteiger partial charge in [0.2, 0.25) is 0 Å². The van der Waals surface area contributed by atoms with Crippen molar-refractivity contribution in [3.05, 3.63) is 65.1 Å². The van der Waals surface area contributed by atoms with E-state index >= 15 is 0 Å². The number of hydrogen-bond donors (Lipinski definition) is 3. The topological polar surface area (TPSA) is 96.2 Å². The van der Waals surface area contributed by atoms with E-state index < -0.39 is 0 Å². The zero-order chi connectivity index (χ0) is 17.8. The number of carbonyl (C=O) groups excluding carboxylic acids is 1. The minimum absolute atomic E-state index is 0.293. The number of benzene rings is 2. The Hall–Kier alpha value is -3.48. The first-order valence-electron chi connectivity index (χ1n) is 7.56. The number of aromatic amines is 2. The number of carbonyl (C=O) groups is 1. The quantitative estimate of drug-likeness (QED) is 0.602. The number of imidazole rings is 1. The first-order chi connectivity index (χ1) is 12.1. The molecule has 0 saturated heterocycles. The molecule has 1 heterocycles. The van der Waals surface area contributed by atoms with E-state index in [4.69, 9.17) is 9.47 Å². The van der Waals surface area contributed by atoms with Gasteiger partial charge in [0, 0.05) is 11.3 Å². The summed E-state index contributed by atoms with van der Waals surface area (Å²) in [6, 6.07) is 10.0. The van der Waals surface area contributed by atoms with Gasteiger partial charge < -0.3 is 24.8 Å². The fraction of sp³-hybridized carbons (Fsp3) is 0.111. The number of H-pyrrole nitrogens is 2. The minimum atomic E-state index is -0.300. The summed E-state index contributed by atoms with van der Waals surface area (Å²) < 4.78 is 10.7.